The molecule has 4 rings (SSSR count). The molecule has 6 nitrogen and oxygen atoms in total. The van der Waals surface area contributed by atoms with Crippen molar-refractivity contribution < 1.29 is 9.53 Å². The first kappa shape index (κ1) is 19.8. The highest BCUT2D eigenvalue weighted by atomic mass is 32.1. The van der Waals surface area contributed by atoms with E-state index < -0.39 is 5.97 Å². The van der Waals surface area contributed by atoms with Gasteiger partial charge in [-0.1, -0.05) is 29.3 Å². The maximum absolute atomic E-state index is 12.7. The van der Waals surface area contributed by atoms with Gasteiger partial charge in [0.05, 0.1) is 19.0 Å². The molecule has 1 N–H and O–H groups in total. The second-order valence-corrected chi connectivity index (χ2v) is 8.79. The van der Waals surface area contributed by atoms with Crippen LogP contribution in [0, 0.1) is 20.8 Å². The summed E-state index contributed by atoms with van der Waals surface area (Å²) < 4.78 is 4.83. The Balaban J connectivity index is 1.66. The maximum atomic E-state index is 12.7. The van der Waals surface area contributed by atoms with Crippen LogP contribution in [0.2, 0.25) is 0 Å². The molecular weight excluding hydrogens is 386 g/mol. The Morgan fingerprint density at radius 2 is 2.00 bits per heavy atom. The standard InChI is InChI=1S/C22H25N3O3S/c1-12-8-13(2)10-15(9-12)16-6-5-7-25(16)11-17-23-20(26)18-14(3)19(22(27)28-4)29-21(18)24-17/h8-10,16H,5-7,11H2,1-4H3,(H,23,24,26). The predicted octanol–water partition coefficient (Wildman–Crippen LogP) is 4.03. The summed E-state index contributed by atoms with van der Waals surface area (Å²) in [6.45, 7) is 7.56. The van der Waals surface area contributed by atoms with Gasteiger partial charge in [0.25, 0.3) is 5.56 Å². The minimum absolute atomic E-state index is 0.198. The number of nitrogens with one attached hydrogen (secondary N) is 1. The molecule has 29 heavy (non-hydrogen) atoms. The van der Waals surface area contributed by atoms with Crippen LogP contribution >= 0.6 is 11.3 Å². The largest absolute Gasteiger partial charge is 0.465 e. The van der Waals surface area contributed by atoms with Gasteiger partial charge in [-0.05, 0) is 51.3 Å². The molecule has 1 aromatic carbocycles. The summed E-state index contributed by atoms with van der Waals surface area (Å²) in [4.78, 5) is 35.7. The lowest BCUT2D eigenvalue weighted by molar-refractivity contribution is 0.0605. The number of aromatic amines is 1. The van der Waals surface area contributed by atoms with Crippen LogP contribution in [-0.4, -0.2) is 34.5 Å². The molecule has 1 fully saturated rings. The van der Waals surface area contributed by atoms with E-state index in [4.69, 9.17) is 4.74 Å². The molecule has 2 aromatic heterocycles. The maximum Gasteiger partial charge on any atom is 0.348 e. The minimum atomic E-state index is -0.430. The molecule has 1 aliphatic heterocycles. The molecule has 1 unspecified atom stereocenters. The number of ether oxygens (including phenoxy) is 1. The van der Waals surface area contributed by atoms with Gasteiger partial charge in [-0.25, -0.2) is 9.78 Å². The van der Waals surface area contributed by atoms with Crippen LogP contribution in [-0.2, 0) is 11.3 Å². The molecule has 0 radical (unpaired) electrons. The normalized spacial score (nSPS) is 17.2. The Bertz CT molecular complexity index is 1130. The average Bonchev–Trinajstić information content (AvgIpc) is 3.25. The molecule has 1 atom stereocenters. The first-order chi connectivity index (χ1) is 13.9. The Morgan fingerprint density at radius 1 is 1.28 bits per heavy atom. The molecule has 3 aromatic rings. The average molecular weight is 412 g/mol. The number of esters is 1. The zero-order valence-corrected chi connectivity index (χ0v) is 18.0. The molecule has 0 saturated carbocycles. The quantitative estimate of drug-likeness (QED) is 0.656. The van der Waals surface area contributed by atoms with Crippen molar-refractivity contribution in [1.29, 1.82) is 0 Å². The highest BCUT2D eigenvalue weighted by Gasteiger charge is 2.27. The third kappa shape index (κ3) is 3.72. The van der Waals surface area contributed by atoms with Gasteiger partial charge in [0, 0.05) is 6.04 Å². The van der Waals surface area contributed by atoms with E-state index in [2.05, 4.69) is 46.9 Å². The smallest absolute Gasteiger partial charge is 0.348 e. The third-order valence-electron chi connectivity index (χ3n) is 5.57. The Hall–Kier alpha value is -2.51. The number of carbonyl (C=O) groups is 1. The Kier molecular flexibility index (Phi) is 5.27. The van der Waals surface area contributed by atoms with E-state index in [-0.39, 0.29) is 5.56 Å². The molecule has 152 valence electrons. The lowest BCUT2D eigenvalue weighted by Gasteiger charge is -2.25. The van der Waals surface area contributed by atoms with Crippen molar-refractivity contribution in [1.82, 2.24) is 14.9 Å². The lowest BCUT2D eigenvalue weighted by atomic mass is 9.99. The van der Waals surface area contributed by atoms with E-state index in [0.717, 1.165) is 19.4 Å². The fourth-order valence-electron chi connectivity index (χ4n) is 4.34. The van der Waals surface area contributed by atoms with Gasteiger partial charge in [-0.2, -0.15) is 0 Å². The van der Waals surface area contributed by atoms with E-state index >= 15 is 0 Å². The van der Waals surface area contributed by atoms with Crippen LogP contribution in [0.3, 0.4) is 0 Å². The van der Waals surface area contributed by atoms with E-state index in [1.165, 1.54) is 35.1 Å². The summed E-state index contributed by atoms with van der Waals surface area (Å²) in [5.41, 5.74) is 4.29. The monoisotopic (exact) mass is 411 g/mol. The number of fused-ring (bicyclic) bond motifs is 1. The van der Waals surface area contributed by atoms with Crippen LogP contribution in [0.25, 0.3) is 10.2 Å². The van der Waals surface area contributed by atoms with Crippen LogP contribution in [0.5, 0.6) is 0 Å². The van der Waals surface area contributed by atoms with Gasteiger partial charge in [0.15, 0.2) is 0 Å². The van der Waals surface area contributed by atoms with Crippen molar-refractivity contribution in [2.45, 2.75) is 46.2 Å². The molecule has 1 aliphatic rings. The van der Waals surface area contributed by atoms with Gasteiger partial charge in [-0.3, -0.25) is 9.69 Å². The number of nitrogens with zero attached hydrogens (tertiary/aromatic N) is 2. The number of aryl methyl sites for hydroxylation is 3. The molecular formula is C22H25N3O3S. The highest BCUT2D eigenvalue weighted by Crippen LogP contribution is 2.34. The van der Waals surface area contributed by atoms with Crippen molar-refractivity contribution in [3.05, 3.63) is 61.5 Å². The minimum Gasteiger partial charge on any atom is -0.465 e. The molecule has 0 spiro atoms. The van der Waals surface area contributed by atoms with E-state index in [1.807, 2.05) is 0 Å². The number of carbonyl (C=O) groups excluding carboxylic acids is 1. The first-order valence-electron chi connectivity index (χ1n) is 9.80. The lowest BCUT2D eigenvalue weighted by Crippen LogP contribution is -2.25. The second-order valence-electron chi connectivity index (χ2n) is 7.79. The summed E-state index contributed by atoms with van der Waals surface area (Å²) >= 11 is 1.22. The number of aromatic nitrogens is 2. The topological polar surface area (TPSA) is 75.3 Å². The zero-order chi connectivity index (χ0) is 20.7. The fourth-order valence-corrected chi connectivity index (χ4v) is 5.46. The van der Waals surface area contributed by atoms with Crippen molar-refractivity contribution in [3.8, 4) is 0 Å². The van der Waals surface area contributed by atoms with Crippen molar-refractivity contribution in [2.24, 2.45) is 0 Å². The Labute approximate surface area is 173 Å². The number of hydrogen-bond acceptors (Lipinski definition) is 6. The zero-order valence-electron chi connectivity index (χ0n) is 17.2. The van der Waals surface area contributed by atoms with Crippen molar-refractivity contribution in [2.75, 3.05) is 13.7 Å². The number of methoxy groups -OCH3 is 1. The summed E-state index contributed by atoms with van der Waals surface area (Å²) in [5.74, 6) is 0.206. The summed E-state index contributed by atoms with van der Waals surface area (Å²) in [5, 5.41) is 0.478. The van der Waals surface area contributed by atoms with E-state index in [9.17, 15) is 9.59 Å². The highest BCUT2D eigenvalue weighted by molar-refractivity contribution is 7.20. The predicted molar refractivity (Wildman–Crippen MR) is 115 cm³/mol. The van der Waals surface area contributed by atoms with E-state index in [1.54, 1.807) is 6.92 Å². The van der Waals surface area contributed by atoms with Crippen LogP contribution in [0.1, 0.15) is 56.6 Å². The number of likely N-dealkylation sites (tertiary alicyclic amines) is 1. The summed E-state index contributed by atoms with van der Waals surface area (Å²) in [6, 6.07) is 7.01. The number of rotatable bonds is 4. The van der Waals surface area contributed by atoms with E-state index in [0.29, 0.717) is 39.1 Å². The third-order valence-corrected chi connectivity index (χ3v) is 6.73. The summed E-state index contributed by atoms with van der Waals surface area (Å²) in [7, 11) is 1.34. The Morgan fingerprint density at radius 3 is 2.69 bits per heavy atom. The van der Waals surface area contributed by atoms with Crippen LogP contribution in [0.4, 0.5) is 0 Å². The van der Waals surface area contributed by atoms with Gasteiger partial charge in [0.1, 0.15) is 15.5 Å². The summed E-state index contributed by atoms with van der Waals surface area (Å²) in [6.07, 6.45) is 2.22. The van der Waals surface area contributed by atoms with Gasteiger partial charge >= 0.3 is 5.97 Å². The van der Waals surface area contributed by atoms with Crippen molar-refractivity contribution >= 4 is 27.5 Å². The molecule has 7 heteroatoms. The number of H-pyrrole nitrogens is 1. The van der Waals surface area contributed by atoms with Gasteiger partial charge in [0.2, 0.25) is 0 Å². The molecule has 0 amide bonds. The molecule has 3 heterocycles. The number of thiophene rings is 1. The number of benzene rings is 1. The fraction of sp³-hybridized carbons (Fsp3) is 0.409. The van der Waals surface area contributed by atoms with Crippen LogP contribution < -0.4 is 5.56 Å². The van der Waals surface area contributed by atoms with Gasteiger partial charge in [-0.15, -0.1) is 11.3 Å². The molecule has 1 saturated heterocycles. The van der Waals surface area contributed by atoms with Gasteiger partial charge < -0.3 is 9.72 Å². The number of hydrogen-bond donors (Lipinski definition) is 1. The van der Waals surface area contributed by atoms with Crippen LogP contribution in [0.15, 0.2) is 23.0 Å². The first-order valence-corrected chi connectivity index (χ1v) is 10.6. The molecule has 0 aliphatic carbocycles. The molecule has 0 bridgehead atoms. The van der Waals surface area contributed by atoms with Crippen molar-refractivity contribution in [3.63, 3.8) is 0 Å². The SMILES string of the molecule is COC(=O)c1sc2nc(CN3CCCC3c3cc(C)cc(C)c3)[nH]c(=O)c2c1C. The second kappa shape index (κ2) is 7.72.